The normalized spacial score (nSPS) is 29.9. The third-order valence-electron chi connectivity index (χ3n) is 4.38. The molecule has 2 aliphatic rings. The second kappa shape index (κ2) is 5.94. The molecule has 0 aromatic heterocycles. The molecule has 2 unspecified atom stereocenters. The van der Waals surface area contributed by atoms with Gasteiger partial charge in [0.05, 0.1) is 6.61 Å². The van der Waals surface area contributed by atoms with Crippen LogP contribution in [0.1, 0.15) is 37.2 Å². The van der Waals surface area contributed by atoms with E-state index in [0.29, 0.717) is 12.1 Å². The fourth-order valence-corrected chi connectivity index (χ4v) is 3.35. The average molecular weight is 275 g/mol. The molecule has 1 aromatic carbocycles. The van der Waals surface area contributed by atoms with Crippen LogP contribution in [0.5, 0.6) is 0 Å². The topological polar surface area (TPSA) is 58.6 Å². The van der Waals surface area contributed by atoms with Crippen LogP contribution in [0, 0.1) is 0 Å². The Bertz CT molecular complexity index is 450. The number of carbonyl (C=O) groups excluding carboxylic acids is 1. The molecule has 2 bridgehead atoms. The molecule has 2 aliphatic heterocycles. The summed E-state index contributed by atoms with van der Waals surface area (Å²) in [6.07, 6.45) is 4.16. The van der Waals surface area contributed by atoms with Crippen molar-refractivity contribution in [2.45, 2.75) is 49.8 Å². The van der Waals surface area contributed by atoms with Crippen LogP contribution in [0.25, 0.3) is 0 Å². The molecule has 0 amide bonds. The van der Waals surface area contributed by atoms with Crippen molar-refractivity contribution in [2.75, 3.05) is 6.61 Å². The summed E-state index contributed by atoms with van der Waals surface area (Å²) in [5, 5.41) is 13.0. The van der Waals surface area contributed by atoms with Gasteiger partial charge in [-0.3, -0.25) is 4.79 Å². The summed E-state index contributed by atoms with van der Waals surface area (Å²) < 4.78 is 5.64. The molecule has 2 N–H and O–H groups in total. The van der Waals surface area contributed by atoms with Gasteiger partial charge in [0.15, 0.2) is 0 Å². The van der Waals surface area contributed by atoms with E-state index in [1.807, 2.05) is 30.3 Å². The van der Waals surface area contributed by atoms with Crippen LogP contribution in [0.4, 0.5) is 0 Å². The monoisotopic (exact) mass is 275 g/mol. The zero-order valence-corrected chi connectivity index (χ0v) is 11.5. The zero-order chi connectivity index (χ0) is 13.9. The first-order valence-corrected chi connectivity index (χ1v) is 7.38. The predicted molar refractivity (Wildman–Crippen MR) is 75.3 cm³/mol. The van der Waals surface area contributed by atoms with Crippen molar-refractivity contribution in [3.8, 4) is 0 Å². The van der Waals surface area contributed by atoms with E-state index in [0.717, 1.165) is 18.4 Å². The summed E-state index contributed by atoms with van der Waals surface area (Å²) in [5.74, 6) is -0.867. The molecule has 0 radical (unpaired) electrons. The van der Waals surface area contributed by atoms with Crippen molar-refractivity contribution in [3.05, 3.63) is 35.9 Å². The lowest BCUT2D eigenvalue weighted by molar-refractivity contribution is -0.153. The minimum Gasteiger partial charge on any atom is -0.462 e. The van der Waals surface area contributed by atoms with Crippen LogP contribution < -0.4 is 5.32 Å². The molecule has 2 heterocycles. The first-order valence-electron chi connectivity index (χ1n) is 7.38. The highest BCUT2D eigenvalue weighted by atomic mass is 16.5. The number of carbonyl (C=O) groups is 1. The van der Waals surface area contributed by atoms with E-state index >= 15 is 0 Å². The number of hydrogen-bond acceptors (Lipinski definition) is 4. The minimum atomic E-state index is -0.566. The summed E-state index contributed by atoms with van der Waals surface area (Å²) in [6, 6.07) is 10.3. The van der Waals surface area contributed by atoms with Crippen LogP contribution in [0.2, 0.25) is 0 Å². The van der Waals surface area contributed by atoms with E-state index in [-0.39, 0.29) is 18.7 Å². The lowest BCUT2D eigenvalue weighted by Gasteiger charge is -2.29. The van der Waals surface area contributed by atoms with Gasteiger partial charge in [-0.15, -0.1) is 0 Å². The number of rotatable bonds is 4. The molecule has 0 spiro atoms. The number of aliphatic hydroxyl groups is 1. The number of ether oxygens (including phenoxy) is 1. The predicted octanol–water partition coefficient (Wildman–Crippen LogP) is 1.59. The fraction of sp³-hybridized carbons (Fsp3) is 0.562. The summed E-state index contributed by atoms with van der Waals surface area (Å²) in [5.41, 5.74) is 0.817. The van der Waals surface area contributed by atoms with Gasteiger partial charge in [-0.25, -0.2) is 0 Å². The van der Waals surface area contributed by atoms with Gasteiger partial charge in [0.2, 0.25) is 0 Å². The van der Waals surface area contributed by atoms with Gasteiger partial charge in [0, 0.05) is 12.1 Å². The van der Waals surface area contributed by atoms with Gasteiger partial charge in [-0.1, -0.05) is 30.3 Å². The molecular weight excluding hydrogens is 254 g/mol. The molecule has 4 nitrogen and oxygen atoms in total. The van der Waals surface area contributed by atoms with Crippen LogP contribution in [-0.4, -0.2) is 35.9 Å². The van der Waals surface area contributed by atoms with Crippen LogP contribution in [-0.2, 0) is 9.53 Å². The Labute approximate surface area is 119 Å². The van der Waals surface area contributed by atoms with Crippen molar-refractivity contribution in [3.63, 3.8) is 0 Å². The van der Waals surface area contributed by atoms with Crippen molar-refractivity contribution in [2.24, 2.45) is 0 Å². The molecule has 20 heavy (non-hydrogen) atoms. The Morgan fingerprint density at radius 2 is 1.90 bits per heavy atom. The largest absolute Gasteiger partial charge is 0.462 e. The Balaban J connectivity index is 1.63. The molecule has 3 atom stereocenters. The molecule has 2 fully saturated rings. The third-order valence-corrected chi connectivity index (χ3v) is 4.38. The van der Waals surface area contributed by atoms with E-state index in [9.17, 15) is 9.90 Å². The zero-order valence-electron chi connectivity index (χ0n) is 11.5. The van der Waals surface area contributed by atoms with Gasteiger partial charge in [0.25, 0.3) is 0 Å². The van der Waals surface area contributed by atoms with E-state index in [1.165, 1.54) is 12.8 Å². The molecule has 3 rings (SSSR count). The highest BCUT2D eigenvalue weighted by Crippen LogP contribution is 2.29. The SMILES string of the molecule is O=C(OC1CC2CCC(C1)N2)[C@H](CO)c1ccccc1. The van der Waals surface area contributed by atoms with Gasteiger partial charge in [0.1, 0.15) is 12.0 Å². The van der Waals surface area contributed by atoms with Gasteiger partial charge < -0.3 is 15.2 Å². The Kier molecular flexibility index (Phi) is 4.03. The van der Waals surface area contributed by atoms with E-state index in [4.69, 9.17) is 4.74 Å². The Hall–Kier alpha value is -1.39. The van der Waals surface area contributed by atoms with Crippen molar-refractivity contribution in [1.82, 2.24) is 5.32 Å². The Morgan fingerprint density at radius 1 is 1.25 bits per heavy atom. The summed E-state index contributed by atoms with van der Waals surface area (Å²) >= 11 is 0. The van der Waals surface area contributed by atoms with Crippen LogP contribution in [0.3, 0.4) is 0 Å². The maximum absolute atomic E-state index is 12.3. The van der Waals surface area contributed by atoms with E-state index in [2.05, 4.69) is 5.32 Å². The summed E-state index contributed by atoms with van der Waals surface area (Å²) in [6.45, 7) is -0.208. The number of benzene rings is 1. The number of nitrogens with one attached hydrogen (secondary N) is 1. The molecule has 4 heteroatoms. The number of hydrogen-bond donors (Lipinski definition) is 2. The minimum absolute atomic E-state index is 0.000915. The maximum atomic E-state index is 12.3. The van der Waals surface area contributed by atoms with Gasteiger partial charge in [-0.2, -0.15) is 0 Å². The lowest BCUT2D eigenvalue weighted by atomic mass is 9.99. The second-order valence-corrected chi connectivity index (χ2v) is 5.81. The highest BCUT2D eigenvalue weighted by molar-refractivity contribution is 5.78. The van der Waals surface area contributed by atoms with Crippen LogP contribution in [0.15, 0.2) is 30.3 Å². The Morgan fingerprint density at radius 3 is 2.50 bits per heavy atom. The molecule has 1 aromatic rings. The maximum Gasteiger partial charge on any atom is 0.316 e. The molecule has 2 saturated heterocycles. The first-order chi connectivity index (χ1) is 9.76. The number of aliphatic hydroxyl groups excluding tert-OH is 1. The van der Waals surface area contributed by atoms with E-state index in [1.54, 1.807) is 0 Å². The second-order valence-electron chi connectivity index (χ2n) is 5.81. The van der Waals surface area contributed by atoms with Crippen LogP contribution >= 0.6 is 0 Å². The number of piperidine rings is 1. The standard InChI is InChI=1S/C16H21NO3/c18-10-15(11-4-2-1-3-5-11)16(19)20-14-8-12-6-7-13(9-14)17-12/h1-5,12-15,17-18H,6-10H2/t12?,13?,14?,15-/m1/s1. The molecule has 0 saturated carbocycles. The summed E-state index contributed by atoms with van der Waals surface area (Å²) in [7, 11) is 0. The van der Waals surface area contributed by atoms with Gasteiger partial charge >= 0.3 is 5.97 Å². The van der Waals surface area contributed by atoms with Crippen molar-refractivity contribution in [1.29, 1.82) is 0 Å². The smallest absolute Gasteiger partial charge is 0.316 e. The fourth-order valence-electron chi connectivity index (χ4n) is 3.35. The highest BCUT2D eigenvalue weighted by Gasteiger charge is 2.36. The molecule has 108 valence electrons. The average Bonchev–Trinajstić information content (AvgIpc) is 2.80. The molecule has 0 aliphatic carbocycles. The third kappa shape index (κ3) is 2.86. The number of fused-ring (bicyclic) bond motifs is 2. The molecular formula is C16H21NO3. The quantitative estimate of drug-likeness (QED) is 0.819. The summed E-state index contributed by atoms with van der Waals surface area (Å²) in [4.78, 5) is 12.3. The van der Waals surface area contributed by atoms with Crippen molar-refractivity contribution < 1.29 is 14.6 Å². The lowest BCUT2D eigenvalue weighted by Crippen LogP contribution is -2.42. The van der Waals surface area contributed by atoms with E-state index < -0.39 is 5.92 Å². The van der Waals surface area contributed by atoms with Gasteiger partial charge in [-0.05, 0) is 31.2 Å². The van der Waals surface area contributed by atoms with Crippen molar-refractivity contribution >= 4 is 5.97 Å². The number of esters is 1. The first kappa shape index (κ1) is 13.6.